The Labute approximate surface area is 94.2 Å². The first-order chi connectivity index (χ1) is 6.63. The van der Waals surface area contributed by atoms with Gasteiger partial charge in [-0.2, -0.15) is 0 Å². The third kappa shape index (κ3) is 3.45. The number of halogens is 2. The maximum absolute atomic E-state index is 5.92. The van der Waals surface area contributed by atoms with Crippen LogP contribution in [0.5, 0.6) is 0 Å². The third-order valence-corrected chi connectivity index (χ3v) is 2.52. The Bertz CT molecular complexity index is 304. The molecule has 0 spiro atoms. The van der Waals surface area contributed by atoms with Crippen LogP contribution in [0.4, 0.5) is 0 Å². The van der Waals surface area contributed by atoms with Gasteiger partial charge in [0.25, 0.3) is 0 Å². The number of aromatic nitrogens is 1. The Hall–Kier alpha value is -0.310. The maximum atomic E-state index is 5.92. The third-order valence-electron chi connectivity index (χ3n) is 1.96. The van der Waals surface area contributed by atoms with Gasteiger partial charge in [-0.05, 0) is 25.5 Å². The van der Waals surface area contributed by atoms with Crippen LogP contribution >= 0.6 is 23.2 Å². The van der Waals surface area contributed by atoms with E-state index in [4.69, 9.17) is 27.9 Å². The van der Waals surface area contributed by atoms with Crippen molar-refractivity contribution in [3.05, 3.63) is 28.0 Å². The van der Waals surface area contributed by atoms with E-state index in [1.807, 2.05) is 6.92 Å². The van der Waals surface area contributed by atoms with E-state index in [1.54, 1.807) is 12.1 Å². The molecule has 0 saturated carbocycles. The molecule has 78 valence electrons. The lowest BCUT2D eigenvalue weighted by atomic mass is 10.3. The van der Waals surface area contributed by atoms with Crippen molar-refractivity contribution in [2.75, 3.05) is 0 Å². The predicted molar refractivity (Wildman–Crippen MR) is 58.8 cm³/mol. The monoisotopic (exact) mass is 233 g/mol. The van der Waals surface area contributed by atoms with Crippen LogP contribution in [0.1, 0.15) is 26.0 Å². The van der Waals surface area contributed by atoms with Gasteiger partial charge in [-0.15, -0.1) is 0 Å². The van der Waals surface area contributed by atoms with E-state index >= 15 is 0 Å². The second-order valence-corrected chi connectivity index (χ2v) is 3.89. The van der Waals surface area contributed by atoms with Gasteiger partial charge in [-0.1, -0.05) is 30.1 Å². The van der Waals surface area contributed by atoms with Gasteiger partial charge in [0.1, 0.15) is 5.15 Å². The molecule has 1 atom stereocenters. The highest BCUT2D eigenvalue weighted by Crippen LogP contribution is 2.18. The van der Waals surface area contributed by atoms with E-state index in [0.717, 1.165) is 6.42 Å². The summed E-state index contributed by atoms with van der Waals surface area (Å²) in [6.45, 7) is 4.49. The van der Waals surface area contributed by atoms with Crippen LogP contribution < -0.4 is 0 Å². The first kappa shape index (κ1) is 11.8. The molecule has 1 aromatic rings. The summed E-state index contributed by atoms with van der Waals surface area (Å²) >= 11 is 11.7. The Morgan fingerprint density at radius 3 is 2.79 bits per heavy atom. The number of nitrogens with zero attached hydrogens (tertiary/aromatic N) is 1. The molecule has 0 aliphatic carbocycles. The fraction of sp³-hybridized carbons (Fsp3) is 0.500. The molecule has 2 nitrogen and oxygen atoms in total. The lowest BCUT2D eigenvalue weighted by Gasteiger charge is -2.10. The van der Waals surface area contributed by atoms with Crippen LogP contribution in [-0.4, -0.2) is 11.1 Å². The Balaban J connectivity index is 2.62. The zero-order valence-corrected chi connectivity index (χ0v) is 9.77. The van der Waals surface area contributed by atoms with E-state index in [-0.39, 0.29) is 6.10 Å². The standard InChI is InChI=1S/C10H13Cl2NO/c1-3-7(2)14-6-9-8(11)4-5-10(12)13-9/h4-5,7H,3,6H2,1-2H3. The van der Waals surface area contributed by atoms with Crippen LogP contribution in [0.15, 0.2) is 12.1 Å². The SMILES string of the molecule is CCC(C)OCc1nc(Cl)ccc1Cl. The van der Waals surface area contributed by atoms with Crippen molar-refractivity contribution in [1.29, 1.82) is 0 Å². The van der Waals surface area contributed by atoms with Crippen molar-refractivity contribution in [2.45, 2.75) is 33.0 Å². The molecule has 0 aliphatic rings. The zero-order valence-electron chi connectivity index (χ0n) is 8.26. The summed E-state index contributed by atoms with van der Waals surface area (Å²) in [7, 11) is 0. The summed E-state index contributed by atoms with van der Waals surface area (Å²) in [5.74, 6) is 0. The molecule has 1 rings (SSSR count). The molecular weight excluding hydrogens is 221 g/mol. The Morgan fingerprint density at radius 2 is 2.14 bits per heavy atom. The summed E-state index contributed by atoms with van der Waals surface area (Å²) in [5.41, 5.74) is 0.694. The van der Waals surface area contributed by atoms with E-state index in [1.165, 1.54) is 0 Å². The molecule has 0 amide bonds. The first-order valence-electron chi connectivity index (χ1n) is 4.56. The van der Waals surface area contributed by atoms with Crippen molar-refractivity contribution in [2.24, 2.45) is 0 Å². The summed E-state index contributed by atoms with van der Waals surface area (Å²) < 4.78 is 5.51. The summed E-state index contributed by atoms with van der Waals surface area (Å²) in [6.07, 6.45) is 1.19. The highest BCUT2D eigenvalue weighted by atomic mass is 35.5. The van der Waals surface area contributed by atoms with Crippen LogP contribution in [0.25, 0.3) is 0 Å². The van der Waals surface area contributed by atoms with Gasteiger partial charge in [0.15, 0.2) is 0 Å². The zero-order chi connectivity index (χ0) is 10.6. The summed E-state index contributed by atoms with van der Waals surface area (Å²) in [4.78, 5) is 4.09. The van der Waals surface area contributed by atoms with Crippen molar-refractivity contribution in [3.63, 3.8) is 0 Å². The summed E-state index contributed by atoms with van der Waals surface area (Å²) in [5, 5.41) is 1.04. The molecule has 1 unspecified atom stereocenters. The topological polar surface area (TPSA) is 22.1 Å². The van der Waals surface area contributed by atoms with E-state index < -0.39 is 0 Å². The van der Waals surface area contributed by atoms with E-state index in [0.29, 0.717) is 22.5 Å². The number of pyridine rings is 1. The van der Waals surface area contributed by atoms with Gasteiger partial charge in [0.2, 0.25) is 0 Å². The molecule has 14 heavy (non-hydrogen) atoms. The first-order valence-corrected chi connectivity index (χ1v) is 5.31. The van der Waals surface area contributed by atoms with Crippen molar-refractivity contribution >= 4 is 23.2 Å². The van der Waals surface area contributed by atoms with Crippen molar-refractivity contribution < 1.29 is 4.74 Å². The lowest BCUT2D eigenvalue weighted by Crippen LogP contribution is -2.07. The van der Waals surface area contributed by atoms with Crippen molar-refractivity contribution in [3.8, 4) is 0 Å². The molecule has 0 N–H and O–H groups in total. The normalized spacial score (nSPS) is 12.9. The highest BCUT2D eigenvalue weighted by molar-refractivity contribution is 6.32. The predicted octanol–water partition coefficient (Wildman–Crippen LogP) is 3.70. The Morgan fingerprint density at radius 1 is 1.43 bits per heavy atom. The lowest BCUT2D eigenvalue weighted by molar-refractivity contribution is 0.0489. The fourth-order valence-electron chi connectivity index (χ4n) is 0.898. The van der Waals surface area contributed by atoms with Crippen LogP contribution in [-0.2, 0) is 11.3 Å². The van der Waals surface area contributed by atoms with E-state index in [2.05, 4.69) is 11.9 Å². The molecule has 0 aromatic carbocycles. The van der Waals surface area contributed by atoms with E-state index in [9.17, 15) is 0 Å². The second kappa shape index (κ2) is 5.54. The molecule has 4 heteroatoms. The van der Waals surface area contributed by atoms with Gasteiger partial charge in [0.05, 0.1) is 23.4 Å². The minimum absolute atomic E-state index is 0.215. The fourth-order valence-corrected chi connectivity index (χ4v) is 1.22. The van der Waals surface area contributed by atoms with Crippen LogP contribution in [0, 0.1) is 0 Å². The number of ether oxygens (including phenoxy) is 1. The minimum Gasteiger partial charge on any atom is -0.372 e. The average Bonchev–Trinajstić information content (AvgIpc) is 2.19. The molecule has 0 aliphatic heterocycles. The molecule has 0 fully saturated rings. The second-order valence-electron chi connectivity index (χ2n) is 3.09. The average molecular weight is 234 g/mol. The molecular formula is C10H13Cl2NO. The molecule has 1 aromatic heterocycles. The van der Waals surface area contributed by atoms with Crippen LogP contribution in [0.2, 0.25) is 10.2 Å². The molecule has 0 saturated heterocycles. The van der Waals surface area contributed by atoms with Gasteiger partial charge in [0, 0.05) is 0 Å². The minimum atomic E-state index is 0.215. The van der Waals surface area contributed by atoms with Gasteiger partial charge < -0.3 is 4.74 Å². The number of hydrogen-bond donors (Lipinski definition) is 0. The Kier molecular flexibility index (Phi) is 4.66. The van der Waals surface area contributed by atoms with Gasteiger partial charge in [-0.25, -0.2) is 4.98 Å². The van der Waals surface area contributed by atoms with Crippen molar-refractivity contribution in [1.82, 2.24) is 4.98 Å². The largest absolute Gasteiger partial charge is 0.372 e. The van der Waals surface area contributed by atoms with Gasteiger partial charge >= 0.3 is 0 Å². The molecule has 0 bridgehead atoms. The number of hydrogen-bond acceptors (Lipinski definition) is 2. The highest BCUT2D eigenvalue weighted by Gasteiger charge is 2.05. The molecule has 0 radical (unpaired) electrons. The summed E-state index contributed by atoms with van der Waals surface area (Å²) in [6, 6.07) is 3.39. The quantitative estimate of drug-likeness (QED) is 0.741. The van der Waals surface area contributed by atoms with Crippen LogP contribution in [0.3, 0.4) is 0 Å². The molecule has 1 heterocycles. The maximum Gasteiger partial charge on any atom is 0.129 e. The number of rotatable bonds is 4. The smallest absolute Gasteiger partial charge is 0.129 e. The van der Waals surface area contributed by atoms with Gasteiger partial charge in [-0.3, -0.25) is 0 Å².